The predicted octanol–water partition coefficient (Wildman–Crippen LogP) is 3.32. The molecule has 11 nitrogen and oxygen atoms in total. The summed E-state index contributed by atoms with van der Waals surface area (Å²) in [6.07, 6.45) is -1.81. The van der Waals surface area contributed by atoms with Gasteiger partial charge in [0, 0.05) is 32.8 Å². The second-order valence-electron chi connectivity index (χ2n) is 7.76. The van der Waals surface area contributed by atoms with Crippen LogP contribution < -0.4 is 15.0 Å². The van der Waals surface area contributed by atoms with Crippen LogP contribution >= 0.6 is 0 Å². The molecular weight excluding hydrogens is 468 g/mol. The van der Waals surface area contributed by atoms with Crippen LogP contribution in [0.25, 0.3) is 10.9 Å². The van der Waals surface area contributed by atoms with Gasteiger partial charge in [-0.2, -0.15) is 4.98 Å². The molecule has 0 aliphatic rings. The lowest BCUT2D eigenvalue weighted by Crippen LogP contribution is -2.37. The summed E-state index contributed by atoms with van der Waals surface area (Å²) in [6, 6.07) is 15.0. The Hall–Kier alpha value is -4.41. The smallest absolute Gasteiger partial charge is 0.416 e. The van der Waals surface area contributed by atoms with Crippen LogP contribution in [0.4, 0.5) is 16.6 Å². The zero-order valence-electron chi connectivity index (χ0n) is 20.5. The van der Waals surface area contributed by atoms with Crippen molar-refractivity contribution in [2.24, 2.45) is 0 Å². The van der Waals surface area contributed by atoms with Gasteiger partial charge in [-0.15, -0.1) is 0 Å². The van der Waals surface area contributed by atoms with Gasteiger partial charge in [0.05, 0.1) is 12.6 Å². The van der Waals surface area contributed by atoms with Crippen LogP contribution in [0.2, 0.25) is 0 Å². The van der Waals surface area contributed by atoms with Crippen molar-refractivity contribution in [1.29, 1.82) is 0 Å². The summed E-state index contributed by atoms with van der Waals surface area (Å²) in [5, 5.41) is 4.07. The molecule has 0 aliphatic carbocycles. The van der Waals surface area contributed by atoms with E-state index in [9.17, 15) is 14.4 Å². The van der Waals surface area contributed by atoms with E-state index in [0.29, 0.717) is 17.9 Å². The summed E-state index contributed by atoms with van der Waals surface area (Å²) < 4.78 is 20.4. The van der Waals surface area contributed by atoms with Gasteiger partial charge in [0.2, 0.25) is 5.95 Å². The third kappa shape index (κ3) is 7.29. The van der Waals surface area contributed by atoms with Gasteiger partial charge in [0.15, 0.2) is 6.10 Å². The summed E-state index contributed by atoms with van der Waals surface area (Å²) in [6.45, 7) is 2.39. The molecule has 0 radical (unpaired) electrons. The lowest BCUT2D eigenvalue weighted by Gasteiger charge is -2.22. The van der Waals surface area contributed by atoms with Crippen molar-refractivity contribution in [2.75, 3.05) is 37.6 Å². The van der Waals surface area contributed by atoms with Gasteiger partial charge in [-0.05, 0) is 29.8 Å². The van der Waals surface area contributed by atoms with Crippen LogP contribution in [0.5, 0.6) is 5.75 Å². The standard InChI is InChI=1S/C25H28N4O7/c1-16(30)34-14-20(15-35-17(2)31)36-25(32)29(3)24-27-22-8-6-5-7-21(22)23(28-24)26-13-18-9-11-19(33-4)12-10-18/h5-12,20H,13-15H2,1-4H3,(H,26,27,28). The van der Waals surface area contributed by atoms with E-state index in [-0.39, 0.29) is 19.2 Å². The lowest BCUT2D eigenvalue weighted by molar-refractivity contribution is -0.149. The number of esters is 2. The maximum atomic E-state index is 12.8. The summed E-state index contributed by atoms with van der Waals surface area (Å²) in [7, 11) is 3.06. The maximum absolute atomic E-state index is 12.8. The molecule has 3 rings (SSSR count). The maximum Gasteiger partial charge on any atom is 0.416 e. The quantitative estimate of drug-likeness (QED) is 0.330. The molecule has 2 aromatic carbocycles. The molecule has 11 heteroatoms. The minimum Gasteiger partial charge on any atom is -0.497 e. The molecule has 0 unspecified atom stereocenters. The van der Waals surface area contributed by atoms with E-state index in [2.05, 4.69) is 15.3 Å². The van der Waals surface area contributed by atoms with Gasteiger partial charge in [-0.1, -0.05) is 24.3 Å². The average Bonchev–Trinajstić information content (AvgIpc) is 2.88. The number of carbonyl (C=O) groups is 3. The molecule has 1 N–H and O–H groups in total. The van der Waals surface area contributed by atoms with Crippen molar-refractivity contribution in [1.82, 2.24) is 9.97 Å². The van der Waals surface area contributed by atoms with Crippen LogP contribution in [-0.2, 0) is 30.3 Å². The molecule has 0 aliphatic heterocycles. The van der Waals surface area contributed by atoms with Gasteiger partial charge in [0.1, 0.15) is 24.8 Å². The van der Waals surface area contributed by atoms with Crippen LogP contribution in [0.15, 0.2) is 48.5 Å². The molecule has 0 fully saturated rings. The number of fused-ring (bicyclic) bond motifs is 1. The number of methoxy groups -OCH3 is 1. The number of benzene rings is 2. The average molecular weight is 497 g/mol. The highest BCUT2D eigenvalue weighted by Gasteiger charge is 2.23. The van der Waals surface area contributed by atoms with Crippen molar-refractivity contribution >= 4 is 40.7 Å². The number of anilines is 2. The molecular formula is C25H28N4O7. The molecule has 0 spiro atoms. The second kappa shape index (κ2) is 12.3. The Morgan fingerprint density at radius 1 is 0.944 bits per heavy atom. The zero-order valence-corrected chi connectivity index (χ0v) is 20.5. The molecule has 0 atom stereocenters. The highest BCUT2D eigenvalue weighted by Crippen LogP contribution is 2.24. The molecule has 3 aromatic rings. The Bertz CT molecular complexity index is 1200. The Morgan fingerprint density at radius 3 is 2.19 bits per heavy atom. The number of nitrogens with zero attached hydrogens (tertiary/aromatic N) is 3. The third-order valence-electron chi connectivity index (χ3n) is 5.00. The first-order valence-corrected chi connectivity index (χ1v) is 11.1. The van der Waals surface area contributed by atoms with Crippen molar-refractivity contribution in [3.63, 3.8) is 0 Å². The number of aromatic nitrogens is 2. The van der Waals surface area contributed by atoms with Gasteiger partial charge in [-0.25, -0.2) is 14.7 Å². The van der Waals surface area contributed by atoms with Crippen molar-refractivity contribution in [3.05, 3.63) is 54.1 Å². The van der Waals surface area contributed by atoms with Crippen LogP contribution in [0.3, 0.4) is 0 Å². The number of hydrogen-bond donors (Lipinski definition) is 1. The third-order valence-corrected chi connectivity index (χ3v) is 5.00. The van der Waals surface area contributed by atoms with E-state index in [1.807, 2.05) is 48.5 Å². The molecule has 190 valence electrons. The van der Waals surface area contributed by atoms with Gasteiger partial charge < -0.3 is 24.3 Å². The number of para-hydroxylation sites is 1. The van der Waals surface area contributed by atoms with E-state index in [0.717, 1.165) is 21.6 Å². The minimum absolute atomic E-state index is 0.0923. The van der Waals surface area contributed by atoms with Crippen LogP contribution in [-0.4, -0.2) is 61.5 Å². The summed E-state index contributed by atoms with van der Waals surface area (Å²) in [5.41, 5.74) is 1.63. The van der Waals surface area contributed by atoms with Gasteiger partial charge in [-0.3, -0.25) is 9.59 Å². The van der Waals surface area contributed by atoms with Crippen molar-refractivity contribution in [3.8, 4) is 5.75 Å². The summed E-state index contributed by atoms with van der Waals surface area (Å²) in [5.74, 6) is 0.266. The number of rotatable bonds is 10. The molecule has 0 saturated carbocycles. The molecule has 1 amide bonds. The van der Waals surface area contributed by atoms with Crippen LogP contribution in [0.1, 0.15) is 19.4 Å². The summed E-state index contributed by atoms with van der Waals surface area (Å²) >= 11 is 0. The minimum atomic E-state index is -0.999. The SMILES string of the molecule is COc1ccc(CNc2nc(N(C)C(=O)OC(COC(C)=O)COC(C)=O)nc3ccccc23)cc1. The Labute approximate surface area is 208 Å². The van der Waals surface area contributed by atoms with E-state index >= 15 is 0 Å². The fraction of sp³-hybridized carbons (Fsp3) is 0.320. The lowest BCUT2D eigenvalue weighted by atomic mass is 10.2. The normalized spacial score (nSPS) is 10.6. The van der Waals surface area contributed by atoms with Gasteiger partial charge in [0.25, 0.3) is 0 Å². The molecule has 36 heavy (non-hydrogen) atoms. The van der Waals surface area contributed by atoms with E-state index in [1.165, 1.54) is 20.9 Å². The van der Waals surface area contributed by atoms with Crippen molar-refractivity contribution in [2.45, 2.75) is 26.5 Å². The fourth-order valence-electron chi connectivity index (χ4n) is 3.12. The predicted molar refractivity (Wildman–Crippen MR) is 132 cm³/mol. The number of nitrogens with one attached hydrogen (secondary N) is 1. The Morgan fingerprint density at radius 2 is 1.58 bits per heavy atom. The largest absolute Gasteiger partial charge is 0.497 e. The van der Waals surface area contributed by atoms with Gasteiger partial charge >= 0.3 is 18.0 Å². The zero-order chi connectivity index (χ0) is 26.1. The first-order valence-electron chi connectivity index (χ1n) is 11.1. The fourth-order valence-corrected chi connectivity index (χ4v) is 3.12. The number of hydrogen-bond acceptors (Lipinski definition) is 10. The highest BCUT2D eigenvalue weighted by atomic mass is 16.6. The Balaban J connectivity index is 1.79. The summed E-state index contributed by atoms with van der Waals surface area (Å²) in [4.78, 5) is 45.3. The van der Waals surface area contributed by atoms with Crippen LogP contribution in [0, 0.1) is 0 Å². The van der Waals surface area contributed by atoms with E-state index in [4.69, 9.17) is 18.9 Å². The van der Waals surface area contributed by atoms with E-state index < -0.39 is 24.1 Å². The number of ether oxygens (including phenoxy) is 4. The number of carbonyl (C=O) groups excluding carboxylic acids is 3. The molecule has 1 aromatic heterocycles. The highest BCUT2D eigenvalue weighted by molar-refractivity contribution is 5.92. The molecule has 1 heterocycles. The first kappa shape index (κ1) is 26.2. The Kier molecular flexibility index (Phi) is 8.98. The monoisotopic (exact) mass is 496 g/mol. The topological polar surface area (TPSA) is 129 Å². The first-order chi connectivity index (χ1) is 17.3. The number of amides is 1. The van der Waals surface area contributed by atoms with E-state index in [1.54, 1.807) is 7.11 Å². The molecule has 0 bridgehead atoms. The molecule has 0 saturated heterocycles. The van der Waals surface area contributed by atoms with Crippen molar-refractivity contribution < 1.29 is 33.3 Å². The second-order valence-corrected chi connectivity index (χ2v) is 7.76.